The number of fused-ring (bicyclic) bond motifs is 1. The van der Waals surface area contributed by atoms with Gasteiger partial charge in [0.2, 0.25) is 5.65 Å². The highest BCUT2D eigenvalue weighted by Gasteiger charge is 2.01. The Morgan fingerprint density at radius 2 is 2.18 bits per heavy atom. The van der Waals surface area contributed by atoms with E-state index in [1.807, 2.05) is 19.9 Å². The van der Waals surface area contributed by atoms with E-state index in [0.717, 1.165) is 16.9 Å². The summed E-state index contributed by atoms with van der Waals surface area (Å²) < 4.78 is 1.44. The van der Waals surface area contributed by atoms with Gasteiger partial charge in [0, 0.05) is 0 Å². The molecule has 5 heteroatoms. The summed E-state index contributed by atoms with van der Waals surface area (Å²) in [6.07, 6.45) is 0. The second-order valence-corrected chi connectivity index (χ2v) is 2.46. The lowest BCUT2D eigenvalue weighted by atomic mass is 10.3. The van der Waals surface area contributed by atoms with Crippen molar-refractivity contribution in [1.29, 1.82) is 0 Å². The Morgan fingerprint density at radius 3 is 3.00 bits per heavy atom. The van der Waals surface area contributed by atoms with Crippen molar-refractivity contribution in [3.63, 3.8) is 0 Å². The maximum absolute atomic E-state index is 4.08. The molecule has 0 aliphatic heterocycles. The van der Waals surface area contributed by atoms with Gasteiger partial charge >= 0.3 is 0 Å². The molecule has 0 fully saturated rings. The summed E-state index contributed by atoms with van der Waals surface area (Å²) in [4.78, 5) is 0. The lowest BCUT2D eigenvalue weighted by Crippen LogP contribution is -1.97. The summed E-state index contributed by atoms with van der Waals surface area (Å²) in [5.41, 5.74) is 2.68. The van der Waals surface area contributed by atoms with E-state index in [0.29, 0.717) is 0 Å². The van der Waals surface area contributed by atoms with Crippen LogP contribution >= 0.6 is 0 Å². The third-order valence-electron chi connectivity index (χ3n) is 1.48. The van der Waals surface area contributed by atoms with Gasteiger partial charge in [-0.05, 0) is 35.9 Å². The van der Waals surface area contributed by atoms with Crippen molar-refractivity contribution in [1.82, 2.24) is 25.3 Å². The van der Waals surface area contributed by atoms with Crippen LogP contribution in [0.25, 0.3) is 5.65 Å². The van der Waals surface area contributed by atoms with E-state index >= 15 is 0 Å². The molecule has 0 saturated heterocycles. The largest absolute Gasteiger partial charge is 0.202 e. The summed E-state index contributed by atoms with van der Waals surface area (Å²) in [7, 11) is 0. The first kappa shape index (κ1) is 6.21. The molecule has 5 nitrogen and oxygen atoms in total. The van der Waals surface area contributed by atoms with Crippen LogP contribution in [0, 0.1) is 13.8 Å². The summed E-state index contributed by atoms with van der Waals surface area (Å²) in [6, 6.07) is 1.95. The topological polar surface area (TPSA) is 56.0 Å². The van der Waals surface area contributed by atoms with Gasteiger partial charge in [0.25, 0.3) is 0 Å². The van der Waals surface area contributed by atoms with Gasteiger partial charge in [-0.3, -0.25) is 0 Å². The average molecular weight is 149 g/mol. The van der Waals surface area contributed by atoms with Crippen molar-refractivity contribution in [2.45, 2.75) is 13.8 Å². The summed E-state index contributed by atoms with van der Waals surface area (Å²) in [5.74, 6) is 0. The van der Waals surface area contributed by atoms with Crippen molar-refractivity contribution < 1.29 is 0 Å². The van der Waals surface area contributed by atoms with E-state index in [-0.39, 0.29) is 0 Å². The lowest BCUT2D eigenvalue weighted by molar-refractivity contribution is 0.720. The Bertz CT molecular complexity index is 391. The Balaban J connectivity index is 2.91. The number of aromatic nitrogens is 5. The molecular formula is C6H7N5. The van der Waals surface area contributed by atoms with E-state index in [9.17, 15) is 0 Å². The Morgan fingerprint density at radius 1 is 1.36 bits per heavy atom. The van der Waals surface area contributed by atoms with Crippen LogP contribution in [0.1, 0.15) is 11.3 Å². The van der Waals surface area contributed by atoms with E-state index < -0.39 is 0 Å². The zero-order valence-corrected chi connectivity index (χ0v) is 6.31. The SMILES string of the molecule is Cc1cc(C)c2nnnn2n1. The second kappa shape index (κ2) is 1.98. The van der Waals surface area contributed by atoms with Crippen molar-refractivity contribution >= 4 is 5.65 Å². The smallest absolute Gasteiger partial charge is 0.152 e. The molecule has 0 unspecified atom stereocenters. The quantitative estimate of drug-likeness (QED) is 0.534. The average Bonchev–Trinajstić information content (AvgIpc) is 2.34. The standard InChI is InChI=1S/C6H7N5/c1-4-3-5(2)8-11-6(4)7-9-10-11/h3H,1-2H3. The van der Waals surface area contributed by atoms with E-state index in [1.54, 1.807) is 0 Å². The highest BCUT2D eigenvalue weighted by Crippen LogP contribution is 2.03. The van der Waals surface area contributed by atoms with Crippen LogP contribution in [-0.2, 0) is 0 Å². The number of aryl methyl sites for hydroxylation is 2. The molecule has 2 aromatic heterocycles. The molecule has 0 bridgehead atoms. The van der Waals surface area contributed by atoms with Crippen LogP contribution in [-0.4, -0.2) is 25.3 Å². The molecule has 0 aromatic carbocycles. The van der Waals surface area contributed by atoms with Crippen LogP contribution in [0.15, 0.2) is 6.07 Å². The molecule has 0 atom stereocenters. The van der Waals surface area contributed by atoms with Crippen molar-refractivity contribution in [2.75, 3.05) is 0 Å². The van der Waals surface area contributed by atoms with Crippen LogP contribution < -0.4 is 0 Å². The highest BCUT2D eigenvalue weighted by molar-refractivity contribution is 5.43. The van der Waals surface area contributed by atoms with E-state index in [2.05, 4.69) is 20.6 Å². The van der Waals surface area contributed by atoms with E-state index in [1.165, 1.54) is 4.63 Å². The van der Waals surface area contributed by atoms with Gasteiger partial charge in [-0.1, -0.05) is 0 Å². The van der Waals surface area contributed by atoms with Crippen LogP contribution in [0.4, 0.5) is 0 Å². The zero-order chi connectivity index (χ0) is 7.84. The first-order chi connectivity index (χ1) is 5.27. The molecule has 0 N–H and O–H groups in total. The first-order valence-electron chi connectivity index (χ1n) is 3.30. The van der Waals surface area contributed by atoms with Gasteiger partial charge in [-0.15, -0.1) is 9.73 Å². The molecule has 0 aliphatic carbocycles. The molecule has 2 aromatic rings. The predicted molar refractivity (Wildman–Crippen MR) is 38.1 cm³/mol. The second-order valence-electron chi connectivity index (χ2n) is 2.46. The molecule has 11 heavy (non-hydrogen) atoms. The number of hydrogen-bond acceptors (Lipinski definition) is 4. The molecule has 0 radical (unpaired) electrons. The molecule has 56 valence electrons. The van der Waals surface area contributed by atoms with E-state index in [4.69, 9.17) is 0 Å². The molecule has 2 heterocycles. The van der Waals surface area contributed by atoms with Crippen LogP contribution in [0.5, 0.6) is 0 Å². The van der Waals surface area contributed by atoms with Gasteiger partial charge < -0.3 is 0 Å². The van der Waals surface area contributed by atoms with Crippen LogP contribution in [0.2, 0.25) is 0 Å². The molecule has 0 saturated carbocycles. The van der Waals surface area contributed by atoms with Gasteiger partial charge in [-0.25, -0.2) is 0 Å². The van der Waals surface area contributed by atoms with Gasteiger partial charge in [0.1, 0.15) is 0 Å². The maximum atomic E-state index is 4.08. The molecule has 2 rings (SSSR count). The number of hydrogen-bond donors (Lipinski definition) is 0. The minimum absolute atomic E-state index is 0.718. The minimum atomic E-state index is 0.718. The molecule has 0 aliphatic rings. The minimum Gasteiger partial charge on any atom is -0.152 e. The number of rotatable bonds is 0. The fraction of sp³-hybridized carbons (Fsp3) is 0.333. The van der Waals surface area contributed by atoms with Gasteiger partial charge in [-0.2, -0.15) is 5.10 Å². The maximum Gasteiger partial charge on any atom is 0.202 e. The zero-order valence-electron chi connectivity index (χ0n) is 6.31. The first-order valence-corrected chi connectivity index (χ1v) is 3.30. The van der Waals surface area contributed by atoms with Crippen LogP contribution in [0.3, 0.4) is 0 Å². The van der Waals surface area contributed by atoms with Gasteiger partial charge in [0.05, 0.1) is 5.69 Å². The Labute approximate surface area is 63.0 Å². The highest BCUT2D eigenvalue weighted by atomic mass is 15.6. The number of tetrazole rings is 1. The summed E-state index contributed by atoms with van der Waals surface area (Å²) in [5, 5.41) is 15.1. The van der Waals surface area contributed by atoms with Crippen molar-refractivity contribution in [3.05, 3.63) is 17.3 Å². The number of nitrogens with zero attached hydrogens (tertiary/aromatic N) is 5. The fourth-order valence-electron chi connectivity index (χ4n) is 1.04. The molecular weight excluding hydrogens is 142 g/mol. The Hall–Kier alpha value is -1.52. The predicted octanol–water partition coefficient (Wildman–Crippen LogP) is 0.136. The third-order valence-corrected chi connectivity index (χ3v) is 1.48. The third kappa shape index (κ3) is 0.849. The monoisotopic (exact) mass is 149 g/mol. The Kier molecular flexibility index (Phi) is 1.12. The molecule has 0 amide bonds. The fourth-order valence-corrected chi connectivity index (χ4v) is 1.04. The van der Waals surface area contributed by atoms with Gasteiger partial charge in [0.15, 0.2) is 0 Å². The van der Waals surface area contributed by atoms with Crippen molar-refractivity contribution in [3.8, 4) is 0 Å². The molecule has 0 spiro atoms. The summed E-state index contributed by atoms with van der Waals surface area (Å²) >= 11 is 0. The van der Waals surface area contributed by atoms with Crippen molar-refractivity contribution in [2.24, 2.45) is 0 Å². The summed E-state index contributed by atoms with van der Waals surface area (Å²) in [6.45, 7) is 3.87. The lowest BCUT2D eigenvalue weighted by Gasteiger charge is -1.94. The normalized spacial score (nSPS) is 10.7.